The van der Waals surface area contributed by atoms with Gasteiger partial charge in [0.05, 0.1) is 31.9 Å². The van der Waals surface area contributed by atoms with Crippen molar-refractivity contribution in [2.45, 2.75) is 32.1 Å². The summed E-state index contributed by atoms with van der Waals surface area (Å²) in [6.07, 6.45) is 0.497. The summed E-state index contributed by atoms with van der Waals surface area (Å²) in [5, 5.41) is 13.1. The van der Waals surface area contributed by atoms with E-state index in [1.807, 2.05) is 0 Å². The fourth-order valence-corrected chi connectivity index (χ4v) is 3.41. The Hall–Kier alpha value is -3.34. The van der Waals surface area contributed by atoms with Crippen LogP contribution in [0.5, 0.6) is 0 Å². The molecule has 2 aromatic rings. The molecule has 0 radical (unpaired) electrons. The van der Waals surface area contributed by atoms with Crippen molar-refractivity contribution >= 4 is 23.4 Å². The zero-order valence-corrected chi connectivity index (χ0v) is 17.4. The summed E-state index contributed by atoms with van der Waals surface area (Å²) in [5.41, 5.74) is 1.10. The number of ether oxygens (including phenoxy) is 1. The molecule has 1 aromatic carbocycles. The van der Waals surface area contributed by atoms with Crippen LogP contribution in [0.25, 0.3) is 0 Å². The second kappa shape index (κ2) is 10.1. The number of benzene rings is 1. The van der Waals surface area contributed by atoms with Gasteiger partial charge in [0.15, 0.2) is 5.69 Å². The number of halogens is 1. The Balaban J connectivity index is 1.65. The summed E-state index contributed by atoms with van der Waals surface area (Å²) < 4.78 is 20.5. The molecular formula is C20H25FN6O4. The number of rotatable bonds is 8. The topological polar surface area (TPSA) is 118 Å². The summed E-state index contributed by atoms with van der Waals surface area (Å²) in [7, 11) is 1.53. The molecular weight excluding hydrogens is 407 g/mol. The number of anilines is 1. The van der Waals surface area contributed by atoms with Gasteiger partial charge < -0.3 is 20.3 Å². The first-order chi connectivity index (χ1) is 14.9. The monoisotopic (exact) mass is 432 g/mol. The molecule has 2 N–H and O–H groups in total. The maximum absolute atomic E-state index is 14.2. The Bertz CT molecular complexity index is 932. The van der Waals surface area contributed by atoms with E-state index in [2.05, 4.69) is 20.9 Å². The van der Waals surface area contributed by atoms with Crippen molar-refractivity contribution in [1.29, 1.82) is 0 Å². The lowest BCUT2D eigenvalue weighted by molar-refractivity contribution is -0.114. The maximum Gasteiger partial charge on any atom is 0.273 e. The van der Waals surface area contributed by atoms with E-state index in [1.165, 1.54) is 29.8 Å². The van der Waals surface area contributed by atoms with Crippen molar-refractivity contribution < 1.29 is 23.5 Å². The minimum atomic E-state index is -1.15. The third-order valence-corrected chi connectivity index (χ3v) is 4.84. The van der Waals surface area contributed by atoms with E-state index >= 15 is 0 Å². The first-order valence-electron chi connectivity index (χ1n) is 9.87. The number of hydrogen-bond donors (Lipinski definition) is 2. The molecule has 3 amide bonds. The standard InChI is InChI=1S/C20H25FN6O4/c1-13(28)23-16-5-3-14(4-6-16)20(30)27-10-15(21)9-17(27)11-26-12-18(24-25-26)19(29)22-7-8-31-2/h3-6,12,15,17H,7-11H2,1-2H3,(H,22,29)(H,23,28). The van der Waals surface area contributed by atoms with Crippen molar-refractivity contribution in [1.82, 2.24) is 25.2 Å². The van der Waals surface area contributed by atoms with Gasteiger partial charge in [0.25, 0.3) is 11.8 Å². The molecule has 2 unspecified atom stereocenters. The highest BCUT2D eigenvalue weighted by molar-refractivity contribution is 5.96. The molecule has 2 atom stereocenters. The van der Waals surface area contributed by atoms with Crippen LogP contribution in [0.1, 0.15) is 34.2 Å². The van der Waals surface area contributed by atoms with Crippen LogP contribution in [0, 0.1) is 0 Å². The highest BCUT2D eigenvalue weighted by Crippen LogP contribution is 2.24. The predicted octanol–water partition coefficient (Wildman–Crippen LogP) is 0.865. The van der Waals surface area contributed by atoms with Gasteiger partial charge in [-0.2, -0.15) is 0 Å². The second-order valence-corrected chi connectivity index (χ2v) is 7.28. The molecule has 1 aliphatic heterocycles. The van der Waals surface area contributed by atoms with Crippen LogP contribution in [0.15, 0.2) is 30.5 Å². The van der Waals surface area contributed by atoms with Crippen molar-refractivity contribution in [3.05, 3.63) is 41.7 Å². The largest absolute Gasteiger partial charge is 0.383 e. The number of nitrogens with zero attached hydrogens (tertiary/aromatic N) is 4. The van der Waals surface area contributed by atoms with Gasteiger partial charge in [-0.1, -0.05) is 5.21 Å². The van der Waals surface area contributed by atoms with E-state index < -0.39 is 12.2 Å². The van der Waals surface area contributed by atoms with Gasteiger partial charge in [0.2, 0.25) is 5.91 Å². The molecule has 1 saturated heterocycles. The molecule has 10 nitrogen and oxygen atoms in total. The number of methoxy groups -OCH3 is 1. The molecule has 0 spiro atoms. The minimum Gasteiger partial charge on any atom is -0.383 e. The minimum absolute atomic E-state index is 0.0179. The van der Waals surface area contributed by atoms with Gasteiger partial charge in [-0.05, 0) is 24.3 Å². The highest BCUT2D eigenvalue weighted by Gasteiger charge is 2.36. The lowest BCUT2D eigenvalue weighted by Crippen LogP contribution is -2.38. The van der Waals surface area contributed by atoms with Crippen LogP contribution >= 0.6 is 0 Å². The molecule has 2 heterocycles. The van der Waals surface area contributed by atoms with Gasteiger partial charge in [-0.15, -0.1) is 5.10 Å². The fourth-order valence-electron chi connectivity index (χ4n) is 3.41. The molecule has 0 bridgehead atoms. The average molecular weight is 432 g/mol. The lowest BCUT2D eigenvalue weighted by Gasteiger charge is -2.24. The Kier molecular flexibility index (Phi) is 7.29. The summed E-state index contributed by atoms with van der Waals surface area (Å²) >= 11 is 0. The van der Waals surface area contributed by atoms with Crippen LogP contribution in [-0.2, 0) is 16.1 Å². The van der Waals surface area contributed by atoms with Crippen molar-refractivity contribution in [2.24, 2.45) is 0 Å². The highest BCUT2D eigenvalue weighted by atomic mass is 19.1. The van der Waals surface area contributed by atoms with Crippen LogP contribution in [-0.4, -0.2) is 76.6 Å². The normalized spacial score (nSPS) is 18.1. The van der Waals surface area contributed by atoms with Crippen molar-refractivity contribution in [3.8, 4) is 0 Å². The summed E-state index contributed by atoms with van der Waals surface area (Å²) in [6.45, 7) is 2.32. The third kappa shape index (κ3) is 5.85. The van der Waals surface area contributed by atoms with Crippen LogP contribution in [0.2, 0.25) is 0 Å². The number of likely N-dealkylation sites (tertiary alicyclic amines) is 1. The number of aromatic nitrogens is 3. The Morgan fingerprint density at radius 2 is 2.00 bits per heavy atom. The van der Waals surface area contributed by atoms with E-state index in [9.17, 15) is 18.8 Å². The van der Waals surface area contributed by atoms with Gasteiger partial charge >= 0.3 is 0 Å². The summed E-state index contributed by atoms with van der Waals surface area (Å²) in [4.78, 5) is 37.6. The van der Waals surface area contributed by atoms with E-state index in [4.69, 9.17) is 4.74 Å². The van der Waals surface area contributed by atoms with Crippen LogP contribution < -0.4 is 10.6 Å². The van der Waals surface area contributed by atoms with Gasteiger partial charge in [0.1, 0.15) is 6.17 Å². The molecule has 1 aliphatic rings. The SMILES string of the molecule is COCCNC(=O)c1cn(CC2CC(F)CN2C(=O)c2ccc(NC(C)=O)cc2)nn1. The van der Waals surface area contributed by atoms with Crippen LogP contribution in [0.4, 0.5) is 10.1 Å². The van der Waals surface area contributed by atoms with Crippen LogP contribution in [0.3, 0.4) is 0 Å². The molecule has 0 saturated carbocycles. The van der Waals surface area contributed by atoms with Crippen molar-refractivity contribution in [3.63, 3.8) is 0 Å². The third-order valence-electron chi connectivity index (χ3n) is 4.84. The first kappa shape index (κ1) is 22.3. The summed E-state index contributed by atoms with van der Waals surface area (Å²) in [6, 6.07) is 6.00. The van der Waals surface area contributed by atoms with Gasteiger partial charge in [-0.25, -0.2) is 9.07 Å². The lowest BCUT2D eigenvalue weighted by atomic mass is 10.1. The smallest absolute Gasteiger partial charge is 0.273 e. The summed E-state index contributed by atoms with van der Waals surface area (Å²) in [5.74, 6) is -0.902. The quantitative estimate of drug-likeness (QED) is 0.598. The molecule has 3 rings (SSSR count). The Labute approximate surface area is 178 Å². The zero-order valence-electron chi connectivity index (χ0n) is 17.4. The Morgan fingerprint density at radius 1 is 1.26 bits per heavy atom. The molecule has 0 aliphatic carbocycles. The van der Waals surface area contributed by atoms with E-state index in [1.54, 1.807) is 24.3 Å². The molecule has 1 aromatic heterocycles. The van der Waals surface area contributed by atoms with Gasteiger partial charge in [0, 0.05) is 38.2 Å². The Morgan fingerprint density at radius 3 is 2.68 bits per heavy atom. The number of nitrogens with one attached hydrogen (secondary N) is 2. The fraction of sp³-hybridized carbons (Fsp3) is 0.450. The molecule has 166 valence electrons. The molecule has 1 fully saturated rings. The number of carbonyl (C=O) groups is 3. The second-order valence-electron chi connectivity index (χ2n) is 7.28. The van der Waals surface area contributed by atoms with E-state index in [0.717, 1.165) is 0 Å². The molecule has 31 heavy (non-hydrogen) atoms. The van der Waals surface area contributed by atoms with Crippen molar-refractivity contribution in [2.75, 3.05) is 32.1 Å². The number of amides is 3. The predicted molar refractivity (Wildman–Crippen MR) is 109 cm³/mol. The number of carbonyl (C=O) groups excluding carboxylic acids is 3. The van der Waals surface area contributed by atoms with Gasteiger partial charge in [-0.3, -0.25) is 14.4 Å². The average Bonchev–Trinajstić information content (AvgIpc) is 3.34. The molecule has 11 heteroatoms. The first-order valence-corrected chi connectivity index (χ1v) is 9.87. The number of alkyl halides is 1. The zero-order chi connectivity index (χ0) is 22.4. The van der Waals surface area contributed by atoms with E-state index in [-0.39, 0.29) is 42.9 Å². The maximum atomic E-state index is 14.2. The van der Waals surface area contributed by atoms with E-state index in [0.29, 0.717) is 24.4 Å². The number of hydrogen-bond acceptors (Lipinski definition) is 6.